The maximum absolute atomic E-state index is 13.3. The van der Waals surface area contributed by atoms with Gasteiger partial charge in [0, 0.05) is 23.0 Å². The smallest absolute Gasteiger partial charge is 0.255 e. The summed E-state index contributed by atoms with van der Waals surface area (Å²) in [6.45, 7) is 1.76. The van der Waals surface area contributed by atoms with Crippen molar-refractivity contribution in [1.29, 1.82) is 0 Å². The second-order valence-corrected chi connectivity index (χ2v) is 8.21. The number of fused-ring (bicyclic) bond motifs is 3. The first kappa shape index (κ1) is 19.3. The molecule has 1 N–H and O–H groups in total. The van der Waals surface area contributed by atoms with Gasteiger partial charge < -0.3 is 10.1 Å². The van der Waals surface area contributed by atoms with Gasteiger partial charge in [-0.25, -0.2) is 9.37 Å². The molecule has 5 rings (SSSR count). The van der Waals surface area contributed by atoms with Crippen molar-refractivity contribution in [3.63, 3.8) is 0 Å². The maximum atomic E-state index is 13.3. The number of aryl methyl sites for hydroxylation is 1. The van der Waals surface area contributed by atoms with Gasteiger partial charge in [0.2, 0.25) is 0 Å². The van der Waals surface area contributed by atoms with E-state index in [1.807, 2.05) is 47.0 Å². The predicted octanol–water partition coefficient (Wildman–Crippen LogP) is 5.92. The summed E-state index contributed by atoms with van der Waals surface area (Å²) in [6.07, 6.45) is 2.00. The average Bonchev–Trinajstić information content (AvgIpc) is 3.33. The van der Waals surface area contributed by atoms with Gasteiger partial charge in [-0.2, -0.15) is 0 Å². The van der Waals surface area contributed by atoms with Crippen molar-refractivity contribution in [1.82, 2.24) is 9.38 Å². The van der Waals surface area contributed by atoms with E-state index >= 15 is 0 Å². The Morgan fingerprint density at radius 1 is 1.10 bits per heavy atom. The molecule has 5 aromatic rings. The van der Waals surface area contributed by atoms with E-state index in [0.29, 0.717) is 16.8 Å². The van der Waals surface area contributed by atoms with Crippen LogP contribution in [0.4, 0.5) is 10.1 Å². The van der Waals surface area contributed by atoms with Crippen LogP contribution in [0.25, 0.3) is 26.4 Å². The minimum Gasteiger partial charge on any atom is -0.497 e. The zero-order valence-electron chi connectivity index (χ0n) is 16.8. The standard InChI is InChI=1S/C24H18FN3O2S/c1-14-11-17(25)6-9-19(14)26-23(29)16-5-10-21-22(12-16)31-24-27-20(13-28(21)24)15-3-7-18(30-2)8-4-15/h3-13H,1-2H3,(H,26,29). The van der Waals surface area contributed by atoms with Gasteiger partial charge in [0.1, 0.15) is 11.6 Å². The van der Waals surface area contributed by atoms with E-state index in [0.717, 1.165) is 32.2 Å². The topological polar surface area (TPSA) is 55.6 Å². The molecule has 0 radical (unpaired) electrons. The highest BCUT2D eigenvalue weighted by molar-refractivity contribution is 7.23. The number of nitrogens with one attached hydrogen (secondary N) is 1. The van der Waals surface area contributed by atoms with Gasteiger partial charge >= 0.3 is 0 Å². The zero-order valence-corrected chi connectivity index (χ0v) is 17.7. The van der Waals surface area contributed by atoms with Gasteiger partial charge in [-0.15, -0.1) is 0 Å². The summed E-state index contributed by atoms with van der Waals surface area (Å²) in [5.41, 5.74) is 4.68. The number of aromatic nitrogens is 2. The summed E-state index contributed by atoms with van der Waals surface area (Å²) < 4.78 is 21.5. The Morgan fingerprint density at radius 2 is 1.90 bits per heavy atom. The Morgan fingerprint density at radius 3 is 2.65 bits per heavy atom. The molecular weight excluding hydrogens is 413 g/mol. The lowest BCUT2D eigenvalue weighted by Gasteiger charge is -2.08. The number of hydrogen-bond acceptors (Lipinski definition) is 4. The molecule has 0 saturated carbocycles. The molecule has 0 aliphatic rings. The number of benzene rings is 3. The first-order valence-corrected chi connectivity index (χ1v) is 10.5. The second-order valence-electron chi connectivity index (χ2n) is 7.21. The molecule has 0 aliphatic heterocycles. The lowest BCUT2D eigenvalue weighted by molar-refractivity contribution is 0.102. The highest BCUT2D eigenvalue weighted by Crippen LogP contribution is 2.31. The first-order chi connectivity index (χ1) is 15.0. The van der Waals surface area contributed by atoms with E-state index in [4.69, 9.17) is 9.72 Å². The number of ether oxygens (including phenoxy) is 1. The second kappa shape index (κ2) is 7.52. The van der Waals surface area contributed by atoms with Crippen LogP contribution >= 0.6 is 11.3 Å². The number of thiazole rings is 1. The highest BCUT2D eigenvalue weighted by Gasteiger charge is 2.14. The minimum absolute atomic E-state index is 0.235. The van der Waals surface area contributed by atoms with Crippen molar-refractivity contribution < 1.29 is 13.9 Å². The molecule has 0 saturated heterocycles. The minimum atomic E-state index is -0.326. The third kappa shape index (κ3) is 3.53. The summed E-state index contributed by atoms with van der Waals surface area (Å²) in [7, 11) is 1.64. The number of rotatable bonds is 4. The number of carbonyl (C=O) groups is 1. The fourth-order valence-electron chi connectivity index (χ4n) is 3.51. The van der Waals surface area contributed by atoms with Crippen LogP contribution in [0, 0.1) is 12.7 Å². The lowest BCUT2D eigenvalue weighted by atomic mass is 10.1. The van der Waals surface area contributed by atoms with Crippen molar-refractivity contribution >= 4 is 38.1 Å². The van der Waals surface area contributed by atoms with E-state index in [-0.39, 0.29) is 11.7 Å². The molecule has 0 atom stereocenters. The van der Waals surface area contributed by atoms with Gasteiger partial charge in [0.25, 0.3) is 5.91 Å². The Kier molecular flexibility index (Phi) is 4.67. The number of imidazole rings is 1. The molecule has 1 amide bonds. The Labute approximate surface area is 181 Å². The summed E-state index contributed by atoms with van der Waals surface area (Å²) in [5, 5.41) is 2.85. The van der Waals surface area contributed by atoms with Crippen LogP contribution in [-0.2, 0) is 0 Å². The van der Waals surface area contributed by atoms with Gasteiger partial charge in [0.05, 0.1) is 23.0 Å². The Bertz CT molecular complexity index is 1440. The van der Waals surface area contributed by atoms with E-state index in [1.165, 1.54) is 23.5 Å². The van der Waals surface area contributed by atoms with Crippen LogP contribution in [0.2, 0.25) is 0 Å². The molecule has 0 bridgehead atoms. The number of hydrogen-bond donors (Lipinski definition) is 1. The van der Waals surface area contributed by atoms with Crippen LogP contribution < -0.4 is 10.1 Å². The number of anilines is 1. The van der Waals surface area contributed by atoms with Crippen LogP contribution in [0.5, 0.6) is 5.75 Å². The normalized spacial score (nSPS) is 11.2. The van der Waals surface area contributed by atoms with E-state index in [2.05, 4.69) is 5.32 Å². The fourth-order valence-corrected chi connectivity index (χ4v) is 4.55. The SMILES string of the molecule is COc1ccc(-c2cn3c(n2)sc2cc(C(=O)Nc4ccc(F)cc4C)ccc23)cc1. The molecule has 7 heteroatoms. The summed E-state index contributed by atoms with van der Waals surface area (Å²) in [6, 6.07) is 17.6. The number of amides is 1. The first-order valence-electron chi connectivity index (χ1n) is 9.65. The third-order valence-electron chi connectivity index (χ3n) is 5.18. The fraction of sp³-hybridized carbons (Fsp3) is 0.0833. The molecule has 3 aromatic carbocycles. The van der Waals surface area contributed by atoms with Gasteiger partial charge in [-0.3, -0.25) is 9.20 Å². The average molecular weight is 431 g/mol. The van der Waals surface area contributed by atoms with E-state index < -0.39 is 0 Å². The molecule has 0 spiro atoms. The van der Waals surface area contributed by atoms with Crippen LogP contribution in [-0.4, -0.2) is 22.4 Å². The quantitative estimate of drug-likeness (QED) is 0.384. The van der Waals surface area contributed by atoms with E-state index in [1.54, 1.807) is 26.2 Å². The zero-order chi connectivity index (χ0) is 21.5. The largest absolute Gasteiger partial charge is 0.497 e. The summed E-state index contributed by atoms with van der Waals surface area (Å²) in [4.78, 5) is 18.3. The van der Waals surface area contributed by atoms with Crippen molar-refractivity contribution in [2.75, 3.05) is 12.4 Å². The van der Waals surface area contributed by atoms with Gasteiger partial charge in [0.15, 0.2) is 4.96 Å². The van der Waals surface area contributed by atoms with Crippen LogP contribution in [0.3, 0.4) is 0 Å². The molecule has 0 aliphatic carbocycles. The molecular formula is C24H18FN3O2S. The monoisotopic (exact) mass is 431 g/mol. The molecule has 2 aromatic heterocycles. The number of halogens is 1. The molecule has 2 heterocycles. The third-order valence-corrected chi connectivity index (χ3v) is 6.20. The molecule has 5 nitrogen and oxygen atoms in total. The number of nitrogens with zero attached hydrogens (tertiary/aromatic N) is 2. The van der Waals surface area contributed by atoms with Crippen molar-refractivity contribution in [2.45, 2.75) is 6.92 Å². The molecule has 0 unspecified atom stereocenters. The maximum Gasteiger partial charge on any atom is 0.255 e. The molecule has 0 fully saturated rings. The molecule has 154 valence electrons. The van der Waals surface area contributed by atoms with Gasteiger partial charge in [-0.1, -0.05) is 11.3 Å². The van der Waals surface area contributed by atoms with Crippen molar-refractivity contribution in [3.05, 3.63) is 83.8 Å². The number of carbonyl (C=O) groups excluding carboxylic acids is 1. The van der Waals surface area contributed by atoms with E-state index in [9.17, 15) is 9.18 Å². The lowest BCUT2D eigenvalue weighted by Crippen LogP contribution is -2.12. The van der Waals surface area contributed by atoms with Crippen LogP contribution in [0.15, 0.2) is 66.9 Å². The van der Waals surface area contributed by atoms with Crippen molar-refractivity contribution in [3.8, 4) is 17.0 Å². The Hall–Kier alpha value is -3.71. The van der Waals surface area contributed by atoms with Gasteiger partial charge in [-0.05, 0) is 73.2 Å². The molecule has 31 heavy (non-hydrogen) atoms. The predicted molar refractivity (Wildman–Crippen MR) is 122 cm³/mol. The number of methoxy groups -OCH3 is 1. The van der Waals surface area contributed by atoms with Crippen molar-refractivity contribution in [2.24, 2.45) is 0 Å². The Balaban J connectivity index is 1.45. The summed E-state index contributed by atoms with van der Waals surface area (Å²) >= 11 is 1.53. The highest BCUT2D eigenvalue weighted by atomic mass is 32.1. The van der Waals surface area contributed by atoms with Crippen LogP contribution in [0.1, 0.15) is 15.9 Å². The summed E-state index contributed by atoms with van der Waals surface area (Å²) in [5.74, 6) is 0.242.